The standard InChI is InChI=1S/C12H26N4O/c1-3-4-5-14-12(17)10-16-7-6-15(2)9-11(16)8-13/h11H,3-10,13H2,1-2H3,(H,14,17). The number of likely N-dealkylation sites (N-methyl/N-ethyl adjacent to an activating group) is 1. The van der Waals surface area contributed by atoms with E-state index in [1.807, 2.05) is 0 Å². The van der Waals surface area contributed by atoms with Gasteiger partial charge in [0.15, 0.2) is 0 Å². The van der Waals surface area contributed by atoms with Crippen LogP contribution in [0.4, 0.5) is 0 Å². The number of nitrogens with one attached hydrogen (secondary N) is 1. The number of amides is 1. The molecule has 0 bridgehead atoms. The van der Waals surface area contributed by atoms with Crippen molar-refractivity contribution in [2.24, 2.45) is 5.73 Å². The van der Waals surface area contributed by atoms with Crippen molar-refractivity contribution in [3.63, 3.8) is 0 Å². The lowest BCUT2D eigenvalue weighted by molar-refractivity contribution is -0.123. The number of piperazine rings is 1. The first-order chi connectivity index (χ1) is 8.17. The van der Waals surface area contributed by atoms with E-state index in [1.54, 1.807) is 0 Å². The first-order valence-corrected chi connectivity index (χ1v) is 6.56. The first-order valence-electron chi connectivity index (χ1n) is 6.56. The minimum atomic E-state index is 0.126. The van der Waals surface area contributed by atoms with Crippen LogP contribution in [-0.2, 0) is 4.79 Å². The third-order valence-corrected chi connectivity index (χ3v) is 3.28. The Morgan fingerprint density at radius 2 is 2.24 bits per heavy atom. The van der Waals surface area contributed by atoms with Crippen molar-refractivity contribution < 1.29 is 4.79 Å². The van der Waals surface area contributed by atoms with Crippen molar-refractivity contribution >= 4 is 5.91 Å². The summed E-state index contributed by atoms with van der Waals surface area (Å²) >= 11 is 0. The van der Waals surface area contributed by atoms with Gasteiger partial charge in [0.2, 0.25) is 5.91 Å². The Labute approximate surface area is 104 Å². The lowest BCUT2D eigenvalue weighted by atomic mass is 10.1. The summed E-state index contributed by atoms with van der Waals surface area (Å²) in [5.74, 6) is 0.126. The largest absolute Gasteiger partial charge is 0.355 e. The van der Waals surface area contributed by atoms with Gasteiger partial charge in [-0.15, -0.1) is 0 Å². The summed E-state index contributed by atoms with van der Waals surface area (Å²) < 4.78 is 0. The zero-order valence-electron chi connectivity index (χ0n) is 11.1. The highest BCUT2D eigenvalue weighted by Crippen LogP contribution is 2.06. The van der Waals surface area contributed by atoms with Crippen molar-refractivity contribution in [2.45, 2.75) is 25.8 Å². The molecule has 1 rings (SSSR count). The molecule has 1 unspecified atom stereocenters. The van der Waals surface area contributed by atoms with E-state index in [4.69, 9.17) is 5.73 Å². The lowest BCUT2D eigenvalue weighted by Crippen LogP contribution is -2.56. The molecule has 0 saturated carbocycles. The maximum atomic E-state index is 11.7. The van der Waals surface area contributed by atoms with E-state index in [2.05, 4.69) is 29.1 Å². The van der Waals surface area contributed by atoms with Gasteiger partial charge in [-0.3, -0.25) is 9.69 Å². The van der Waals surface area contributed by atoms with Gasteiger partial charge in [0.05, 0.1) is 6.54 Å². The van der Waals surface area contributed by atoms with E-state index in [9.17, 15) is 4.79 Å². The van der Waals surface area contributed by atoms with Crippen molar-refractivity contribution in [3.8, 4) is 0 Å². The Morgan fingerprint density at radius 1 is 1.47 bits per heavy atom. The molecule has 0 aliphatic carbocycles. The molecule has 1 aliphatic heterocycles. The molecule has 0 spiro atoms. The predicted molar refractivity (Wildman–Crippen MR) is 69.8 cm³/mol. The van der Waals surface area contributed by atoms with Gasteiger partial charge < -0.3 is 16.0 Å². The molecule has 3 N–H and O–H groups in total. The van der Waals surface area contributed by atoms with Crippen LogP contribution in [0, 0.1) is 0 Å². The maximum Gasteiger partial charge on any atom is 0.234 e. The molecule has 1 saturated heterocycles. The fraction of sp³-hybridized carbons (Fsp3) is 0.917. The van der Waals surface area contributed by atoms with E-state index in [0.717, 1.165) is 39.0 Å². The SMILES string of the molecule is CCCCNC(=O)CN1CCN(C)CC1CN. The monoisotopic (exact) mass is 242 g/mol. The molecule has 100 valence electrons. The number of nitrogens with two attached hydrogens (primary N) is 1. The van der Waals surface area contributed by atoms with Crippen LogP contribution in [0.25, 0.3) is 0 Å². The topological polar surface area (TPSA) is 61.6 Å². The Hall–Kier alpha value is -0.650. The van der Waals surface area contributed by atoms with Gasteiger partial charge in [0.1, 0.15) is 0 Å². The molecule has 1 fully saturated rings. The van der Waals surface area contributed by atoms with Crippen molar-refractivity contribution in [1.29, 1.82) is 0 Å². The molecule has 5 nitrogen and oxygen atoms in total. The molecular weight excluding hydrogens is 216 g/mol. The molecule has 1 heterocycles. The summed E-state index contributed by atoms with van der Waals surface area (Å²) in [5.41, 5.74) is 5.75. The zero-order chi connectivity index (χ0) is 12.7. The average molecular weight is 242 g/mol. The maximum absolute atomic E-state index is 11.7. The minimum absolute atomic E-state index is 0.126. The van der Waals surface area contributed by atoms with Gasteiger partial charge in [-0.2, -0.15) is 0 Å². The number of carbonyl (C=O) groups excluding carboxylic acids is 1. The Balaban J connectivity index is 2.31. The zero-order valence-corrected chi connectivity index (χ0v) is 11.1. The molecular formula is C12H26N4O. The van der Waals surface area contributed by atoms with E-state index in [0.29, 0.717) is 19.1 Å². The molecule has 0 aromatic carbocycles. The van der Waals surface area contributed by atoms with Crippen LogP contribution in [0.2, 0.25) is 0 Å². The second-order valence-electron chi connectivity index (χ2n) is 4.83. The quantitative estimate of drug-likeness (QED) is 0.615. The number of rotatable bonds is 6. The Bertz CT molecular complexity index is 235. The van der Waals surface area contributed by atoms with Gasteiger partial charge >= 0.3 is 0 Å². The van der Waals surface area contributed by atoms with Crippen LogP contribution in [0.15, 0.2) is 0 Å². The van der Waals surface area contributed by atoms with Crippen LogP contribution in [-0.4, -0.2) is 68.1 Å². The van der Waals surface area contributed by atoms with Crippen LogP contribution in [0.1, 0.15) is 19.8 Å². The third-order valence-electron chi connectivity index (χ3n) is 3.28. The second kappa shape index (κ2) is 7.63. The van der Waals surface area contributed by atoms with E-state index in [1.165, 1.54) is 0 Å². The highest BCUT2D eigenvalue weighted by molar-refractivity contribution is 5.78. The summed E-state index contributed by atoms with van der Waals surface area (Å²) in [5, 5.41) is 2.95. The highest BCUT2D eigenvalue weighted by atomic mass is 16.2. The molecule has 5 heteroatoms. The van der Waals surface area contributed by atoms with Crippen molar-refractivity contribution in [3.05, 3.63) is 0 Å². The second-order valence-corrected chi connectivity index (χ2v) is 4.83. The summed E-state index contributed by atoms with van der Waals surface area (Å²) in [6, 6.07) is 0.311. The summed E-state index contributed by atoms with van der Waals surface area (Å²) in [6.07, 6.45) is 2.16. The molecule has 17 heavy (non-hydrogen) atoms. The number of hydrogen-bond donors (Lipinski definition) is 2. The third kappa shape index (κ3) is 5.02. The van der Waals surface area contributed by atoms with Gasteiger partial charge in [0, 0.05) is 38.8 Å². The van der Waals surface area contributed by atoms with E-state index >= 15 is 0 Å². The minimum Gasteiger partial charge on any atom is -0.355 e. The normalized spacial score (nSPS) is 22.6. The van der Waals surface area contributed by atoms with Gasteiger partial charge in [-0.05, 0) is 13.5 Å². The lowest BCUT2D eigenvalue weighted by Gasteiger charge is -2.39. The molecule has 0 aromatic heterocycles. The summed E-state index contributed by atoms with van der Waals surface area (Å²) in [6.45, 7) is 6.91. The molecule has 1 amide bonds. The van der Waals surface area contributed by atoms with E-state index in [-0.39, 0.29) is 5.91 Å². The number of nitrogens with zero attached hydrogens (tertiary/aromatic N) is 2. The summed E-state index contributed by atoms with van der Waals surface area (Å²) in [4.78, 5) is 16.2. The van der Waals surface area contributed by atoms with Crippen molar-refractivity contribution in [2.75, 3.05) is 46.3 Å². The average Bonchev–Trinajstić information content (AvgIpc) is 2.32. The number of carbonyl (C=O) groups is 1. The van der Waals surface area contributed by atoms with Crippen LogP contribution in [0.3, 0.4) is 0 Å². The smallest absolute Gasteiger partial charge is 0.234 e. The molecule has 1 aliphatic rings. The van der Waals surface area contributed by atoms with Crippen molar-refractivity contribution in [1.82, 2.24) is 15.1 Å². The van der Waals surface area contributed by atoms with Gasteiger partial charge in [-0.1, -0.05) is 13.3 Å². The van der Waals surface area contributed by atoms with Crippen LogP contribution in [0.5, 0.6) is 0 Å². The van der Waals surface area contributed by atoms with Crippen LogP contribution < -0.4 is 11.1 Å². The summed E-state index contributed by atoms with van der Waals surface area (Å²) in [7, 11) is 2.10. The predicted octanol–water partition coefficient (Wildman–Crippen LogP) is -0.523. The molecule has 0 radical (unpaired) electrons. The van der Waals surface area contributed by atoms with Gasteiger partial charge in [0.25, 0.3) is 0 Å². The fourth-order valence-corrected chi connectivity index (χ4v) is 2.12. The van der Waals surface area contributed by atoms with Gasteiger partial charge in [-0.25, -0.2) is 0 Å². The molecule has 0 aromatic rings. The fourth-order valence-electron chi connectivity index (χ4n) is 2.12. The first kappa shape index (κ1) is 14.4. The van der Waals surface area contributed by atoms with Crippen LogP contribution >= 0.6 is 0 Å². The molecule has 1 atom stereocenters. The Kier molecular flexibility index (Phi) is 6.47. The number of hydrogen-bond acceptors (Lipinski definition) is 4. The Morgan fingerprint density at radius 3 is 2.88 bits per heavy atom. The van der Waals surface area contributed by atoms with E-state index < -0.39 is 0 Å². The highest BCUT2D eigenvalue weighted by Gasteiger charge is 2.25. The number of unbranched alkanes of at least 4 members (excludes halogenated alkanes) is 1.